The number of nitrogens with zero attached hydrogens (tertiary/aromatic N) is 3. The van der Waals surface area contributed by atoms with E-state index >= 15 is 0 Å². The molecule has 4 rings (SSSR count). The van der Waals surface area contributed by atoms with Crippen LogP contribution >= 0.6 is 23.2 Å². The van der Waals surface area contributed by atoms with Crippen molar-refractivity contribution in [1.82, 2.24) is 20.2 Å². The highest BCUT2D eigenvalue weighted by Gasteiger charge is 2.30. The average molecular weight is 520 g/mol. The zero-order chi connectivity index (χ0) is 24.8. The lowest BCUT2D eigenvalue weighted by atomic mass is 10.1. The minimum atomic E-state index is -1.08. The number of carbonyl (C=O) groups excluding carboxylic acids is 1. The summed E-state index contributed by atoms with van der Waals surface area (Å²) in [7, 11) is 0. The van der Waals surface area contributed by atoms with Crippen LogP contribution in [0.1, 0.15) is 60.1 Å². The second-order valence-corrected chi connectivity index (χ2v) is 10.0. The van der Waals surface area contributed by atoms with Crippen LogP contribution in [0, 0.1) is 0 Å². The minimum Gasteiger partial charge on any atom is -0.480 e. The van der Waals surface area contributed by atoms with Crippen LogP contribution in [0.25, 0.3) is 0 Å². The van der Waals surface area contributed by atoms with Gasteiger partial charge in [-0.25, -0.2) is 9.78 Å². The lowest BCUT2D eigenvalue weighted by Crippen LogP contribution is -2.43. The first-order chi connectivity index (χ1) is 16.9. The van der Waals surface area contributed by atoms with E-state index in [1.54, 1.807) is 0 Å². The highest BCUT2D eigenvalue weighted by Crippen LogP contribution is 2.28. The van der Waals surface area contributed by atoms with Gasteiger partial charge in [0.1, 0.15) is 11.9 Å². The van der Waals surface area contributed by atoms with Crippen molar-refractivity contribution in [3.05, 3.63) is 51.4 Å². The van der Waals surface area contributed by atoms with Gasteiger partial charge in [0.15, 0.2) is 0 Å². The van der Waals surface area contributed by atoms with Crippen molar-refractivity contribution in [1.29, 1.82) is 0 Å². The lowest BCUT2D eigenvalue weighted by Gasteiger charge is -2.24. The summed E-state index contributed by atoms with van der Waals surface area (Å²) in [5.74, 6) is -0.660. The van der Waals surface area contributed by atoms with E-state index in [1.807, 2.05) is 0 Å². The van der Waals surface area contributed by atoms with Crippen LogP contribution in [-0.2, 0) is 17.6 Å². The third-order valence-electron chi connectivity index (χ3n) is 6.53. The Hall–Kier alpha value is -2.42. The molecule has 10 heteroatoms. The SMILES string of the molecule is O=C(N[C@@H](CCN(CCCCc1ccc2c(n1)NCCC2)C1CC1)C(=O)O)c1c(Cl)cncc1Cl. The summed E-state index contributed by atoms with van der Waals surface area (Å²) < 4.78 is 0. The van der Waals surface area contributed by atoms with Gasteiger partial charge in [-0.05, 0) is 69.5 Å². The van der Waals surface area contributed by atoms with Gasteiger partial charge in [-0.2, -0.15) is 0 Å². The Bertz CT molecular complexity index is 1040. The van der Waals surface area contributed by atoms with Gasteiger partial charge in [-0.1, -0.05) is 29.3 Å². The third-order valence-corrected chi connectivity index (χ3v) is 7.11. The monoisotopic (exact) mass is 519 g/mol. The van der Waals surface area contributed by atoms with Crippen molar-refractivity contribution in [3.8, 4) is 0 Å². The van der Waals surface area contributed by atoms with Gasteiger partial charge in [0, 0.05) is 37.2 Å². The molecule has 0 radical (unpaired) electrons. The predicted molar refractivity (Wildman–Crippen MR) is 136 cm³/mol. The maximum absolute atomic E-state index is 12.6. The average Bonchev–Trinajstić information content (AvgIpc) is 3.68. The Morgan fingerprint density at radius 2 is 1.94 bits per heavy atom. The first-order valence-corrected chi connectivity index (χ1v) is 13.0. The summed E-state index contributed by atoms with van der Waals surface area (Å²) >= 11 is 12.1. The van der Waals surface area contributed by atoms with E-state index in [-0.39, 0.29) is 15.6 Å². The lowest BCUT2D eigenvalue weighted by molar-refractivity contribution is -0.139. The normalized spacial score (nSPS) is 15.9. The van der Waals surface area contributed by atoms with Crippen molar-refractivity contribution in [2.75, 3.05) is 25.0 Å². The fraction of sp³-hybridized carbons (Fsp3) is 0.520. The number of aliphatic carboxylic acids is 1. The topological polar surface area (TPSA) is 107 Å². The van der Waals surface area contributed by atoms with Crippen LogP contribution in [0.15, 0.2) is 24.5 Å². The molecule has 8 nitrogen and oxygen atoms in total. The Kier molecular flexibility index (Phi) is 8.81. The summed E-state index contributed by atoms with van der Waals surface area (Å²) in [5.41, 5.74) is 2.45. The molecule has 2 aromatic rings. The molecule has 2 aliphatic rings. The van der Waals surface area contributed by atoms with Crippen molar-refractivity contribution >= 4 is 40.9 Å². The molecule has 3 N–H and O–H groups in total. The summed E-state index contributed by atoms with van der Waals surface area (Å²) in [6.45, 7) is 2.48. The minimum absolute atomic E-state index is 0.0413. The highest BCUT2D eigenvalue weighted by molar-refractivity contribution is 6.39. The van der Waals surface area contributed by atoms with Crippen molar-refractivity contribution in [3.63, 3.8) is 0 Å². The van der Waals surface area contributed by atoms with Crippen LogP contribution in [0.4, 0.5) is 5.82 Å². The summed E-state index contributed by atoms with van der Waals surface area (Å²) in [6, 6.07) is 3.78. The number of amides is 1. The number of rotatable bonds is 12. The Balaban J connectivity index is 1.26. The number of halogens is 2. The fourth-order valence-corrected chi connectivity index (χ4v) is 4.99. The maximum Gasteiger partial charge on any atom is 0.326 e. The van der Waals surface area contributed by atoms with E-state index < -0.39 is 17.9 Å². The molecular weight excluding hydrogens is 489 g/mol. The second-order valence-electron chi connectivity index (χ2n) is 9.20. The van der Waals surface area contributed by atoms with Gasteiger partial charge in [0.05, 0.1) is 15.6 Å². The largest absolute Gasteiger partial charge is 0.480 e. The van der Waals surface area contributed by atoms with Gasteiger partial charge in [-0.15, -0.1) is 0 Å². The number of anilines is 1. The number of carboxylic acids is 1. The van der Waals surface area contributed by atoms with Gasteiger partial charge in [0.25, 0.3) is 5.91 Å². The zero-order valence-electron chi connectivity index (χ0n) is 19.6. The Morgan fingerprint density at radius 3 is 2.66 bits per heavy atom. The number of unbranched alkanes of at least 4 members (excludes halogenated alkanes) is 1. The van der Waals surface area contributed by atoms with Crippen LogP contribution in [0.2, 0.25) is 10.0 Å². The molecule has 1 fully saturated rings. The quantitative estimate of drug-likeness (QED) is 0.360. The number of pyridine rings is 2. The van der Waals surface area contributed by atoms with Crippen molar-refractivity contribution < 1.29 is 14.7 Å². The number of hydrogen-bond donors (Lipinski definition) is 3. The van der Waals surface area contributed by atoms with Crippen LogP contribution in [-0.4, -0.2) is 63.6 Å². The molecule has 35 heavy (non-hydrogen) atoms. The van der Waals surface area contributed by atoms with Crippen molar-refractivity contribution in [2.45, 2.75) is 63.5 Å². The number of aryl methyl sites for hydroxylation is 2. The van der Waals surface area contributed by atoms with E-state index in [1.165, 1.54) is 18.0 Å². The number of carboxylic acid groups (broad SMARTS) is 1. The molecule has 0 bridgehead atoms. The van der Waals surface area contributed by atoms with E-state index in [0.29, 0.717) is 19.0 Å². The van der Waals surface area contributed by atoms with E-state index in [9.17, 15) is 14.7 Å². The summed E-state index contributed by atoms with van der Waals surface area (Å²) in [6.07, 6.45) is 10.4. The summed E-state index contributed by atoms with van der Waals surface area (Å²) in [4.78, 5) is 35.4. The number of aromatic nitrogens is 2. The number of carbonyl (C=O) groups is 2. The van der Waals surface area contributed by atoms with Crippen LogP contribution in [0.3, 0.4) is 0 Å². The number of fused-ring (bicyclic) bond motifs is 1. The molecule has 2 aromatic heterocycles. The van der Waals surface area contributed by atoms with Gasteiger partial charge < -0.3 is 20.6 Å². The molecule has 0 saturated heterocycles. The van der Waals surface area contributed by atoms with E-state index in [2.05, 4.69) is 32.7 Å². The molecule has 1 aliphatic carbocycles. The Morgan fingerprint density at radius 1 is 1.17 bits per heavy atom. The van der Waals surface area contributed by atoms with Crippen LogP contribution < -0.4 is 10.6 Å². The van der Waals surface area contributed by atoms with E-state index in [4.69, 9.17) is 28.2 Å². The Labute approximate surface area is 215 Å². The molecule has 0 aromatic carbocycles. The smallest absolute Gasteiger partial charge is 0.326 e. The number of nitrogens with one attached hydrogen (secondary N) is 2. The molecule has 188 valence electrons. The number of hydrogen-bond acceptors (Lipinski definition) is 6. The van der Waals surface area contributed by atoms with Crippen LogP contribution in [0.5, 0.6) is 0 Å². The molecular formula is C25H31Cl2N5O3. The predicted octanol–water partition coefficient (Wildman–Crippen LogP) is 4.20. The standard InChI is InChI=1S/C25H31Cl2N5O3/c26-19-14-28-15-20(27)22(19)24(33)31-21(25(34)35)10-13-32(18-8-9-18)12-2-1-5-17-7-6-16-4-3-11-29-23(16)30-17/h6-7,14-15,18,21H,1-5,8-13H2,(H,29,30)(H,31,33)(H,34,35)/t21-/m0/s1. The molecule has 0 unspecified atom stereocenters. The first kappa shape index (κ1) is 25.7. The highest BCUT2D eigenvalue weighted by atomic mass is 35.5. The third kappa shape index (κ3) is 7.06. The molecule has 1 atom stereocenters. The van der Waals surface area contributed by atoms with Gasteiger partial charge in [-0.3, -0.25) is 9.78 Å². The molecule has 0 spiro atoms. The molecule has 1 aliphatic heterocycles. The van der Waals surface area contributed by atoms with Gasteiger partial charge in [0.2, 0.25) is 0 Å². The summed E-state index contributed by atoms with van der Waals surface area (Å²) in [5, 5.41) is 15.8. The van der Waals surface area contributed by atoms with Gasteiger partial charge >= 0.3 is 5.97 Å². The molecule has 3 heterocycles. The molecule has 1 amide bonds. The van der Waals surface area contributed by atoms with E-state index in [0.717, 1.165) is 69.5 Å². The molecule has 1 saturated carbocycles. The zero-order valence-corrected chi connectivity index (χ0v) is 21.1. The fourth-order valence-electron chi connectivity index (χ4n) is 4.46. The second kappa shape index (κ2) is 12.0. The maximum atomic E-state index is 12.6. The first-order valence-electron chi connectivity index (χ1n) is 12.2. The van der Waals surface area contributed by atoms with Crippen molar-refractivity contribution in [2.24, 2.45) is 0 Å².